The van der Waals surface area contributed by atoms with Crippen LogP contribution in [0, 0.1) is 5.92 Å². The predicted octanol–water partition coefficient (Wildman–Crippen LogP) is 3.93. The molecule has 150 valence electrons. The number of hydrogen-bond acceptors (Lipinski definition) is 4. The van der Waals surface area contributed by atoms with Gasteiger partial charge >= 0.3 is 6.03 Å². The van der Waals surface area contributed by atoms with Gasteiger partial charge in [0.1, 0.15) is 5.69 Å². The number of nitrogens with one attached hydrogen (secondary N) is 1. The van der Waals surface area contributed by atoms with Crippen LogP contribution in [0.25, 0.3) is 0 Å². The molecule has 1 saturated carbocycles. The van der Waals surface area contributed by atoms with Crippen LogP contribution in [-0.4, -0.2) is 54.7 Å². The van der Waals surface area contributed by atoms with Crippen LogP contribution in [0.1, 0.15) is 38.5 Å². The largest absolute Gasteiger partial charge is 0.470 e. The van der Waals surface area contributed by atoms with E-state index in [9.17, 15) is 13.6 Å². The summed E-state index contributed by atoms with van der Waals surface area (Å²) in [6.45, 7) is 1.28. The van der Waals surface area contributed by atoms with E-state index < -0.39 is 13.0 Å². The number of nitrogens with zero attached hydrogens (tertiary/aromatic N) is 2. The van der Waals surface area contributed by atoms with E-state index in [0.29, 0.717) is 24.7 Å². The summed E-state index contributed by atoms with van der Waals surface area (Å²) in [5.41, 5.74) is 0.294. The number of pyridine rings is 1. The Morgan fingerprint density at radius 1 is 1.26 bits per heavy atom. The van der Waals surface area contributed by atoms with Crippen molar-refractivity contribution in [2.24, 2.45) is 5.92 Å². The lowest BCUT2D eigenvalue weighted by atomic mass is 10.1. The lowest BCUT2D eigenvalue weighted by molar-refractivity contribution is -0.00116. The van der Waals surface area contributed by atoms with Gasteiger partial charge in [-0.05, 0) is 43.7 Å². The molecule has 1 saturated heterocycles. The summed E-state index contributed by atoms with van der Waals surface area (Å²) in [5.74, 6) is 0.699. The van der Waals surface area contributed by atoms with Crippen molar-refractivity contribution >= 4 is 11.7 Å². The van der Waals surface area contributed by atoms with E-state index >= 15 is 0 Å². The zero-order valence-corrected chi connectivity index (χ0v) is 15.4. The number of alkyl halides is 2. The number of rotatable bonds is 7. The van der Waals surface area contributed by atoms with Crippen LogP contribution in [0.2, 0.25) is 0 Å². The number of carbonyl (C=O) groups is 1. The van der Waals surface area contributed by atoms with Crippen LogP contribution in [0.4, 0.5) is 19.3 Å². The molecule has 1 aromatic rings. The van der Waals surface area contributed by atoms with E-state index in [1.54, 1.807) is 17.0 Å². The third-order valence-electron chi connectivity index (χ3n) is 5.13. The van der Waals surface area contributed by atoms with Crippen molar-refractivity contribution in [3.05, 3.63) is 18.3 Å². The van der Waals surface area contributed by atoms with Gasteiger partial charge < -0.3 is 19.7 Å². The lowest BCUT2D eigenvalue weighted by Crippen LogP contribution is -2.43. The van der Waals surface area contributed by atoms with E-state index in [4.69, 9.17) is 9.47 Å². The molecular weight excluding hydrogens is 356 g/mol. The Kier molecular flexibility index (Phi) is 7.20. The molecule has 0 unspecified atom stereocenters. The minimum absolute atomic E-state index is 0.000864. The summed E-state index contributed by atoms with van der Waals surface area (Å²) >= 11 is 0. The Hall–Kier alpha value is -1.96. The lowest BCUT2D eigenvalue weighted by Gasteiger charge is -2.32. The SMILES string of the molecule is O=C(Nc1cccnc1OCC(F)F)N1CCC(OCC2CCCC2)CC1. The highest BCUT2D eigenvalue weighted by molar-refractivity contribution is 5.90. The first-order valence-electron chi connectivity index (χ1n) is 9.65. The molecule has 3 rings (SSSR count). The molecule has 0 radical (unpaired) electrons. The molecule has 2 aliphatic rings. The number of ether oxygens (including phenoxy) is 2. The molecule has 6 nitrogen and oxygen atoms in total. The van der Waals surface area contributed by atoms with Crippen LogP contribution in [-0.2, 0) is 4.74 Å². The van der Waals surface area contributed by atoms with E-state index in [1.807, 2.05) is 0 Å². The molecule has 1 aliphatic carbocycles. The Balaban J connectivity index is 1.44. The third-order valence-corrected chi connectivity index (χ3v) is 5.13. The van der Waals surface area contributed by atoms with Crippen molar-refractivity contribution in [3.8, 4) is 5.88 Å². The summed E-state index contributed by atoms with van der Waals surface area (Å²) in [5, 5.41) is 2.71. The van der Waals surface area contributed by atoms with Gasteiger partial charge in [-0.3, -0.25) is 0 Å². The molecule has 1 N–H and O–H groups in total. The standard InChI is InChI=1S/C19H27F2N3O3/c20-17(21)13-27-18-16(6-3-9-22-18)23-19(25)24-10-7-15(8-11-24)26-12-14-4-1-2-5-14/h3,6,9,14-15,17H,1-2,4-5,7-8,10-13H2,(H,23,25). The van der Waals surface area contributed by atoms with E-state index in [1.165, 1.54) is 31.9 Å². The monoisotopic (exact) mass is 383 g/mol. The zero-order chi connectivity index (χ0) is 19.1. The number of hydrogen-bond donors (Lipinski definition) is 1. The number of carbonyl (C=O) groups excluding carboxylic acids is 1. The second-order valence-corrected chi connectivity index (χ2v) is 7.16. The second-order valence-electron chi connectivity index (χ2n) is 7.16. The fraction of sp³-hybridized carbons (Fsp3) is 0.684. The van der Waals surface area contributed by atoms with Crippen molar-refractivity contribution in [2.75, 3.05) is 31.6 Å². The highest BCUT2D eigenvalue weighted by Crippen LogP contribution is 2.26. The van der Waals surface area contributed by atoms with Gasteiger partial charge in [0.15, 0.2) is 6.61 Å². The number of halogens is 2. The van der Waals surface area contributed by atoms with Crippen molar-refractivity contribution in [2.45, 2.75) is 51.1 Å². The zero-order valence-electron chi connectivity index (χ0n) is 15.4. The average Bonchev–Trinajstić information content (AvgIpc) is 3.19. The van der Waals surface area contributed by atoms with Gasteiger partial charge in [0.05, 0.1) is 6.10 Å². The van der Waals surface area contributed by atoms with Crippen LogP contribution < -0.4 is 10.1 Å². The normalized spacial score (nSPS) is 18.9. The van der Waals surface area contributed by atoms with E-state index in [2.05, 4.69) is 10.3 Å². The molecule has 1 aliphatic heterocycles. The first-order chi connectivity index (χ1) is 13.1. The molecule has 0 spiro atoms. The van der Waals surface area contributed by atoms with E-state index in [0.717, 1.165) is 19.4 Å². The topological polar surface area (TPSA) is 63.7 Å². The molecule has 27 heavy (non-hydrogen) atoms. The first-order valence-corrected chi connectivity index (χ1v) is 9.65. The average molecular weight is 383 g/mol. The predicted molar refractivity (Wildman–Crippen MR) is 97.3 cm³/mol. The van der Waals surface area contributed by atoms with Crippen LogP contribution >= 0.6 is 0 Å². The molecule has 0 aromatic carbocycles. The van der Waals surface area contributed by atoms with Crippen LogP contribution in [0.5, 0.6) is 5.88 Å². The number of urea groups is 1. The molecule has 2 fully saturated rings. The van der Waals surface area contributed by atoms with Gasteiger partial charge in [0.25, 0.3) is 6.43 Å². The number of amides is 2. The fourth-order valence-corrected chi connectivity index (χ4v) is 3.61. The summed E-state index contributed by atoms with van der Waals surface area (Å²) in [7, 11) is 0. The minimum Gasteiger partial charge on any atom is -0.470 e. The van der Waals surface area contributed by atoms with Crippen molar-refractivity contribution in [1.82, 2.24) is 9.88 Å². The van der Waals surface area contributed by atoms with Gasteiger partial charge in [-0.1, -0.05) is 12.8 Å². The number of anilines is 1. The first kappa shape index (κ1) is 19.8. The quantitative estimate of drug-likeness (QED) is 0.775. The molecule has 2 heterocycles. The van der Waals surface area contributed by atoms with Gasteiger partial charge in [0, 0.05) is 25.9 Å². The third kappa shape index (κ3) is 6.02. The highest BCUT2D eigenvalue weighted by atomic mass is 19.3. The van der Waals surface area contributed by atoms with Gasteiger partial charge in [-0.15, -0.1) is 0 Å². The number of likely N-dealkylation sites (tertiary alicyclic amines) is 1. The maximum Gasteiger partial charge on any atom is 0.321 e. The Morgan fingerprint density at radius 3 is 2.70 bits per heavy atom. The highest BCUT2D eigenvalue weighted by Gasteiger charge is 2.25. The Morgan fingerprint density at radius 2 is 2.00 bits per heavy atom. The van der Waals surface area contributed by atoms with E-state index in [-0.39, 0.29) is 18.0 Å². The molecule has 1 aromatic heterocycles. The minimum atomic E-state index is -2.60. The summed E-state index contributed by atoms with van der Waals surface area (Å²) in [4.78, 5) is 18.1. The summed E-state index contributed by atoms with van der Waals surface area (Å²) in [6, 6.07) is 2.93. The smallest absolute Gasteiger partial charge is 0.321 e. The summed E-state index contributed by atoms with van der Waals surface area (Å²) < 4.78 is 35.7. The molecular formula is C19H27F2N3O3. The fourth-order valence-electron chi connectivity index (χ4n) is 3.61. The van der Waals surface area contributed by atoms with Crippen LogP contribution in [0.15, 0.2) is 18.3 Å². The molecule has 0 bridgehead atoms. The summed E-state index contributed by atoms with van der Waals surface area (Å²) in [6.07, 6.45) is 5.81. The second kappa shape index (κ2) is 9.82. The number of aromatic nitrogens is 1. The van der Waals surface area contributed by atoms with Crippen LogP contribution in [0.3, 0.4) is 0 Å². The Labute approximate surface area is 158 Å². The maximum absolute atomic E-state index is 12.5. The van der Waals surface area contributed by atoms with Crippen molar-refractivity contribution in [1.29, 1.82) is 0 Å². The molecule has 2 amide bonds. The molecule has 0 atom stereocenters. The Bertz CT molecular complexity index is 604. The van der Waals surface area contributed by atoms with Crippen molar-refractivity contribution in [3.63, 3.8) is 0 Å². The maximum atomic E-state index is 12.5. The van der Waals surface area contributed by atoms with Gasteiger partial charge in [0.2, 0.25) is 5.88 Å². The number of piperidine rings is 1. The molecule has 8 heteroatoms. The van der Waals surface area contributed by atoms with Gasteiger partial charge in [-0.2, -0.15) is 0 Å². The van der Waals surface area contributed by atoms with Crippen molar-refractivity contribution < 1.29 is 23.0 Å². The van der Waals surface area contributed by atoms with Gasteiger partial charge in [-0.25, -0.2) is 18.6 Å².